The highest BCUT2D eigenvalue weighted by molar-refractivity contribution is 7.92. The molecule has 8 nitrogen and oxygen atoms in total. The minimum absolute atomic E-state index is 0.198. The summed E-state index contributed by atoms with van der Waals surface area (Å²) in [6.45, 7) is 6.70. The quantitative estimate of drug-likeness (QED) is 0.333. The Morgan fingerprint density at radius 1 is 0.943 bits per heavy atom. The van der Waals surface area contributed by atoms with E-state index in [1.807, 2.05) is 26.8 Å². The fourth-order valence-electron chi connectivity index (χ4n) is 3.21. The number of nitrogens with zero attached hydrogens (tertiary/aromatic N) is 2. The summed E-state index contributed by atoms with van der Waals surface area (Å²) in [6, 6.07) is 18.3. The van der Waals surface area contributed by atoms with Crippen LogP contribution in [0.25, 0.3) is 0 Å². The molecule has 0 aromatic heterocycles. The van der Waals surface area contributed by atoms with Gasteiger partial charge in [-0.15, -0.1) is 0 Å². The molecule has 0 unspecified atom stereocenters. The lowest BCUT2D eigenvalue weighted by molar-refractivity contribution is 0.0955. The number of hydrogen-bond donors (Lipinski definition) is 1. The predicted octanol–water partition coefficient (Wildman–Crippen LogP) is 4.38. The topological polar surface area (TPSA) is 97.3 Å². The number of amides is 1. The van der Waals surface area contributed by atoms with Gasteiger partial charge in [0.05, 0.1) is 30.0 Å². The molecule has 0 atom stereocenters. The van der Waals surface area contributed by atoms with E-state index in [0.29, 0.717) is 36.0 Å². The molecule has 0 aliphatic carbocycles. The van der Waals surface area contributed by atoms with Crippen molar-refractivity contribution in [2.24, 2.45) is 5.10 Å². The summed E-state index contributed by atoms with van der Waals surface area (Å²) >= 11 is 0. The number of carbonyl (C=O) groups excluding carboxylic acids is 1. The first-order valence-electron chi connectivity index (χ1n) is 11.1. The van der Waals surface area contributed by atoms with Crippen LogP contribution in [0.3, 0.4) is 0 Å². The van der Waals surface area contributed by atoms with Crippen LogP contribution in [0.15, 0.2) is 76.7 Å². The molecule has 3 rings (SSSR count). The molecule has 3 aromatic rings. The van der Waals surface area contributed by atoms with E-state index in [1.54, 1.807) is 60.7 Å². The van der Waals surface area contributed by atoms with E-state index in [-0.39, 0.29) is 4.90 Å². The van der Waals surface area contributed by atoms with Gasteiger partial charge in [0.2, 0.25) is 0 Å². The van der Waals surface area contributed by atoms with Crippen LogP contribution in [0.2, 0.25) is 0 Å². The van der Waals surface area contributed by atoms with Gasteiger partial charge in [-0.25, -0.2) is 13.8 Å². The van der Waals surface area contributed by atoms with Gasteiger partial charge in [0.15, 0.2) is 11.5 Å². The summed E-state index contributed by atoms with van der Waals surface area (Å²) in [4.78, 5) is 12.7. The average molecular weight is 496 g/mol. The van der Waals surface area contributed by atoms with Crippen molar-refractivity contribution in [2.75, 3.05) is 24.6 Å². The fraction of sp³-hybridized carbons (Fsp3) is 0.231. The Hall–Kier alpha value is -3.85. The summed E-state index contributed by atoms with van der Waals surface area (Å²) in [6.07, 6.45) is 1.51. The maximum atomic E-state index is 12.9. The van der Waals surface area contributed by atoms with Gasteiger partial charge in [-0.1, -0.05) is 17.7 Å². The average Bonchev–Trinajstić information content (AvgIpc) is 2.85. The number of hydrazone groups is 1. The Morgan fingerprint density at radius 2 is 1.57 bits per heavy atom. The van der Waals surface area contributed by atoms with Crippen LogP contribution in [0.4, 0.5) is 5.69 Å². The van der Waals surface area contributed by atoms with E-state index in [1.165, 1.54) is 17.6 Å². The first-order chi connectivity index (χ1) is 16.8. The highest BCUT2D eigenvalue weighted by Gasteiger charge is 2.21. The number of benzene rings is 3. The summed E-state index contributed by atoms with van der Waals surface area (Å²) < 4.78 is 38.1. The third-order valence-electron chi connectivity index (χ3n) is 5.12. The lowest BCUT2D eigenvalue weighted by atomic mass is 10.2. The zero-order valence-electron chi connectivity index (χ0n) is 20.2. The molecule has 1 amide bonds. The highest BCUT2D eigenvalue weighted by atomic mass is 32.2. The third kappa shape index (κ3) is 6.39. The molecular weight excluding hydrogens is 466 g/mol. The number of sulfonamides is 1. The Labute approximate surface area is 206 Å². The van der Waals surface area contributed by atoms with Gasteiger partial charge < -0.3 is 9.47 Å². The van der Waals surface area contributed by atoms with Gasteiger partial charge in [0.1, 0.15) is 0 Å². The first kappa shape index (κ1) is 25.8. The molecule has 0 aliphatic heterocycles. The molecule has 9 heteroatoms. The Morgan fingerprint density at radius 3 is 2.20 bits per heavy atom. The molecule has 0 bridgehead atoms. The van der Waals surface area contributed by atoms with Crippen LogP contribution in [-0.4, -0.2) is 40.8 Å². The van der Waals surface area contributed by atoms with Crippen molar-refractivity contribution in [3.05, 3.63) is 83.4 Å². The minimum Gasteiger partial charge on any atom is -0.490 e. The summed E-state index contributed by atoms with van der Waals surface area (Å²) in [5, 5.41) is 4.01. The number of hydrogen-bond acceptors (Lipinski definition) is 6. The maximum absolute atomic E-state index is 12.9. The van der Waals surface area contributed by atoms with Crippen LogP contribution >= 0.6 is 0 Å². The molecule has 0 saturated carbocycles. The lowest BCUT2D eigenvalue weighted by Crippen LogP contribution is -2.26. The van der Waals surface area contributed by atoms with Gasteiger partial charge >= 0.3 is 0 Å². The second-order valence-electron chi connectivity index (χ2n) is 7.60. The number of ether oxygens (including phenoxy) is 2. The van der Waals surface area contributed by atoms with E-state index < -0.39 is 15.9 Å². The van der Waals surface area contributed by atoms with Gasteiger partial charge in [-0.3, -0.25) is 9.10 Å². The van der Waals surface area contributed by atoms with Crippen molar-refractivity contribution in [1.82, 2.24) is 5.43 Å². The Balaban J connectivity index is 1.66. The van der Waals surface area contributed by atoms with Gasteiger partial charge in [-0.2, -0.15) is 5.10 Å². The monoisotopic (exact) mass is 495 g/mol. The number of anilines is 1. The van der Waals surface area contributed by atoms with Gasteiger partial charge in [0, 0.05) is 12.6 Å². The second-order valence-corrected chi connectivity index (χ2v) is 9.57. The molecule has 0 fully saturated rings. The molecule has 0 heterocycles. The SMILES string of the molecule is CCOc1ccc(/C=N\NC(=O)c2ccc(N(C)S(=O)(=O)c3ccc(C)cc3)cc2)cc1OCC. The lowest BCUT2D eigenvalue weighted by Gasteiger charge is -2.19. The standard InChI is InChI=1S/C26H29N3O5S/c1-5-33-24-16-9-20(17-25(24)34-6-2)18-27-28-26(30)21-10-12-22(13-11-21)29(4)35(31,32)23-14-7-19(3)8-15-23/h7-18H,5-6H2,1-4H3,(H,28,30)/b27-18-. The van der Waals surface area contributed by atoms with Crippen molar-refractivity contribution in [2.45, 2.75) is 25.7 Å². The largest absolute Gasteiger partial charge is 0.490 e. The fourth-order valence-corrected chi connectivity index (χ4v) is 4.40. The van der Waals surface area contributed by atoms with E-state index in [9.17, 15) is 13.2 Å². The molecule has 0 radical (unpaired) electrons. The van der Waals surface area contributed by atoms with E-state index >= 15 is 0 Å². The minimum atomic E-state index is -3.71. The van der Waals surface area contributed by atoms with Crippen LogP contribution in [0, 0.1) is 6.92 Å². The molecule has 0 saturated heterocycles. The summed E-state index contributed by atoms with van der Waals surface area (Å²) in [7, 11) is -2.24. The maximum Gasteiger partial charge on any atom is 0.271 e. The van der Waals surface area contributed by atoms with Crippen molar-refractivity contribution in [3.63, 3.8) is 0 Å². The molecule has 1 N–H and O–H groups in total. The number of rotatable bonds is 10. The van der Waals surface area contributed by atoms with E-state index in [2.05, 4.69) is 10.5 Å². The van der Waals surface area contributed by atoms with Gasteiger partial charge in [0.25, 0.3) is 15.9 Å². The normalized spacial score (nSPS) is 11.3. The molecule has 3 aromatic carbocycles. The number of aryl methyl sites for hydroxylation is 1. The molecular formula is C26H29N3O5S. The van der Waals surface area contributed by atoms with Crippen LogP contribution in [-0.2, 0) is 10.0 Å². The van der Waals surface area contributed by atoms with Crippen molar-refractivity contribution < 1.29 is 22.7 Å². The van der Waals surface area contributed by atoms with E-state index in [4.69, 9.17) is 9.47 Å². The Kier molecular flexibility index (Phi) is 8.48. The zero-order chi connectivity index (χ0) is 25.4. The predicted molar refractivity (Wildman–Crippen MR) is 137 cm³/mol. The second kappa shape index (κ2) is 11.5. The molecule has 184 valence electrons. The smallest absolute Gasteiger partial charge is 0.271 e. The van der Waals surface area contributed by atoms with Crippen molar-refractivity contribution >= 4 is 27.8 Å². The van der Waals surface area contributed by atoms with Crippen LogP contribution in [0.1, 0.15) is 35.3 Å². The highest BCUT2D eigenvalue weighted by Crippen LogP contribution is 2.28. The molecule has 0 aliphatic rings. The summed E-state index contributed by atoms with van der Waals surface area (Å²) in [5.74, 6) is 0.822. The first-order valence-corrected chi connectivity index (χ1v) is 12.6. The molecule has 35 heavy (non-hydrogen) atoms. The Bertz CT molecular complexity index is 1290. The number of carbonyl (C=O) groups is 1. The summed E-state index contributed by atoms with van der Waals surface area (Å²) in [5.41, 5.74) is 4.96. The molecule has 0 spiro atoms. The van der Waals surface area contributed by atoms with Crippen LogP contribution in [0.5, 0.6) is 11.5 Å². The van der Waals surface area contributed by atoms with Crippen LogP contribution < -0.4 is 19.2 Å². The van der Waals surface area contributed by atoms with Crippen molar-refractivity contribution in [3.8, 4) is 11.5 Å². The zero-order valence-corrected chi connectivity index (χ0v) is 21.0. The third-order valence-corrected chi connectivity index (χ3v) is 6.92. The van der Waals surface area contributed by atoms with Crippen molar-refractivity contribution in [1.29, 1.82) is 0 Å². The van der Waals surface area contributed by atoms with E-state index in [0.717, 1.165) is 11.1 Å². The number of nitrogens with one attached hydrogen (secondary N) is 1. The van der Waals surface area contributed by atoms with Gasteiger partial charge in [-0.05, 0) is 80.9 Å².